The molecule has 2 rings (SSSR count). The van der Waals surface area contributed by atoms with Crippen LogP contribution in [0.5, 0.6) is 0 Å². The van der Waals surface area contributed by atoms with Crippen molar-refractivity contribution in [1.29, 1.82) is 0 Å². The third-order valence-electron chi connectivity index (χ3n) is 3.18. The summed E-state index contributed by atoms with van der Waals surface area (Å²) < 4.78 is 13.4. The molecule has 5 nitrogen and oxygen atoms in total. The highest BCUT2D eigenvalue weighted by molar-refractivity contribution is 5.85. The molecule has 0 aliphatic carbocycles. The number of carbonyl (C=O) groups is 2. The van der Waals surface area contributed by atoms with Gasteiger partial charge in [0, 0.05) is 13.0 Å². The van der Waals surface area contributed by atoms with Crippen molar-refractivity contribution >= 4 is 11.9 Å². The van der Waals surface area contributed by atoms with Crippen LogP contribution in [0.4, 0.5) is 4.39 Å². The molecular formula is C13H14FNO4. The number of carbonyl (C=O) groups excluding carboxylic acids is 1. The molecule has 2 atom stereocenters. The van der Waals surface area contributed by atoms with Crippen molar-refractivity contribution < 1.29 is 24.2 Å². The first-order valence-corrected chi connectivity index (χ1v) is 5.92. The fourth-order valence-electron chi connectivity index (χ4n) is 2.23. The molecule has 2 N–H and O–H groups in total. The molecule has 1 aliphatic rings. The number of aliphatic hydroxyl groups excluding tert-OH is 1. The zero-order valence-electron chi connectivity index (χ0n) is 10.1. The van der Waals surface area contributed by atoms with Crippen LogP contribution in [-0.4, -0.2) is 45.7 Å². The number of aliphatic carboxylic acids is 1. The van der Waals surface area contributed by atoms with E-state index >= 15 is 0 Å². The van der Waals surface area contributed by atoms with Crippen molar-refractivity contribution in [3.8, 4) is 0 Å². The molecule has 1 aromatic rings. The largest absolute Gasteiger partial charge is 0.480 e. The Labute approximate surface area is 109 Å². The number of amides is 1. The number of carboxylic acid groups (broad SMARTS) is 1. The van der Waals surface area contributed by atoms with Crippen molar-refractivity contribution in [2.75, 3.05) is 6.54 Å². The van der Waals surface area contributed by atoms with Gasteiger partial charge in [0.15, 0.2) is 0 Å². The van der Waals surface area contributed by atoms with Gasteiger partial charge in [0.1, 0.15) is 11.9 Å². The molecule has 0 spiro atoms. The Morgan fingerprint density at radius 2 is 2.05 bits per heavy atom. The fraction of sp³-hybridized carbons (Fsp3) is 0.385. The number of β-amino-alcohol motifs (C(OH)–C–C–N with tert-alkyl or cyclic N) is 1. The highest BCUT2D eigenvalue weighted by Crippen LogP contribution is 2.20. The van der Waals surface area contributed by atoms with Gasteiger partial charge < -0.3 is 15.1 Å². The Morgan fingerprint density at radius 1 is 1.37 bits per heavy atom. The third kappa shape index (κ3) is 2.90. The van der Waals surface area contributed by atoms with Gasteiger partial charge >= 0.3 is 5.97 Å². The number of halogens is 1. The molecule has 1 heterocycles. The maximum absolute atomic E-state index is 13.4. The number of rotatable bonds is 3. The second kappa shape index (κ2) is 5.36. The molecule has 102 valence electrons. The first-order valence-electron chi connectivity index (χ1n) is 5.92. The highest BCUT2D eigenvalue weighted by Gasteiger charge is 2.38. The second-order valence-corrected chi connectivity index (χ2v) is 4.56. The number of likely N-dealkylation sites (tertiary alicyclic amines) is 1. The lowest BCUT2D eigenvalue weighted by Gasteiger charge is -2.21. The van der Waals surface area contributed by atoms with Crippen LogP contribution in [0.15, 0.2) is 24.3 Å². The van der Waals surface area contributed by atoms with Crippen LogP contribution < -0.4 is 0 Å². The van der Waals surface area contributed by atoms with Gasteiger partial charge in [-0.3, -0.25) is 4.79 Å². The number of hydrogen-bond donors (Lipinski definition) is 2. The standard InChI is InChI=1S/C13H14FNO4/c14-10-4-2-1-3-8(10)5-12(17)15-7-9(16)6-11(15)13(18)19/h1-4,9,11,16H,5-7H2,(H,18,19). The lowest BCUT2D eigenvalue weighted by molar-refractivity contribution is -0.148. The van der Waals surface area contributed by atoms with Crippen LogP contribution >= 0.6 is 0 Å². The summed E-state index contributed by atoms with van der Waals surface area (Å²) in [4.78, 5) is 24.1. The van der Waals surface area contributed by atoms with Crippen LogP contribution in [0, 0.1) is 5.82 Å². The lowest BCUT2D eigenvalue weighted by atomic mass is 10.1. The molecule has 6 heteroatoms. The van der Waals surface area contributed by atoms with Gasteiger partial charge in [-0.1, -0.05) is 18.2 Å². The number of carboxylic acids is 1. The van der Waals surface area contributed by atoms with Gasteiger partial charge in [0.2, 0.25) is 5.91 Å². The number of benzene rings is 1. The SMILES string of the molecule is O=C(O)C1CC(O)CN1C(=O)Cc1ccccc1F. The summed E-state index contributed by atoms with van der Waals surface area (Å²) in [7, 11) is 0. The van der Waals surface area contributed by atoms with Gasteiger partial charge in [-0.25, -0.2) is 9.18 Å². The van der Waals surface area contributed by atoms with Crippen LogP contribution in [0.3, 0.4) is 0 Å². The minimum atomic E-state index is -1.15. The molecule has 0 bridgehead atoms. The van der Waals surface area contributed by atoms with E-state index < -0.39 is 29.8 Å². The average Bonchev–Trinajstić information content (AvgIpc) is 2.74. The normalized spacial score (nSPS) is 22.5. The second-order valence-electron chi connectivity index (χ2n) is 4.56. The Kier molecular flexibility index (Phi) is 3.80. The van der Waals surface area contributed by atoms with E-state index in [-0.39, 0.29) is 24.9 Å². The Bertz CT molecular complexity index is 505. The summed E-state index contributed by atoms with van der Waals surface area (Å²) in [5, 5.41) is 18.4. The highest BCUT2D eigenvalue weighted by atomic mass is 19.1. The van der Waals surface area contributed by atoms with Gasteiger partial charge in [0.05, 0.1) is 12.5 Å². The van der Waals surface area contributed by atoms with Crippen LogP contribution in [0.1, 0.15) is 12.0 Å². The first-order chi connectivity index (χ1) is 8.99. The van der Waals surface area contributed by atoms with Crippen LogP contribution in [0.2, 0.25) is 0 Å². The molecule has 1 saturated heterocycles. The maximum atomic E-state index is 13.4. The van der Waals surface area contributed by atoms with E-state index in [1.165, 1.54) is 18.2 Å². The molecule has 1 amide bonds. The summed E-state index contributed by atoms with van der Waals surface area (Å²) in [6, 6.07) is 4.82. The number of nitrogens with zero attached hydrogens (tertiary/aromatic N) is 1. The minimum absolute atomic E-state index is 0.0122. The number of aliphatic hydroxyl groups is 1. The van der Waals surface area contributed by atoms with Crippen LogP contribution in [-0.2, 0) is 16.0 Å². The maximum Gasteiger partial charge on any atom is 0.326 e. The topological polar surface area (TPSA) is 77.8 Å². The van der Waals surface area contributed by atoms with Gasteiger partial charge in [-0.05, 0) is 11.6 Å². The monoisotopic (exact) mass is 267 g/mol. The van der Waals surface area contributed by atoms with Gasteiger partial charge in [-0.2, -0.15) is 0 Å². The minimum Gasteiger partial charge on any atom is -0.480 e. The summed E-state index contributed by atoms with van der Waals surface area (Å²) >= 11 is 0. The smallest absolute Gasteiger partial charge is 0.326 e. The zero-order valence-corrected chi connectivity index (χ0v) is 10.1. The molecule has 19 heavy (non-hydrogen) atoms. The Morgan fingerprint density at radius 3 is 2.68 bits per heavy atom. The van der Waals surface area contributed by atoms with Crippen LogP contribution in [0.25, 0.3) is 0 Å². The first kappa shape index (κ1) is 13.5. The molecule has 1 aliphatic heterocycles. The summed E-state index contributed by atoms with van der Waals surface area (Å²) in [5.41, 5.74) is 0.220. The Balaban J connectivity index is 2.11. The van der Waals surface area contributed by atoms with E-state index in [1.54, 1.807) is 6.07 Å². The van der Waals surface area contributed by atoms with Crippen molar-refractivity contribution in [3.05, 3.63) is 35.6 Å². The van der Waals surface area contributed by atoms with E-state index in [0.717, 1.165) is 4.90 Å². The predicted octanol–water partition coefficient (Wildman–Crippen LogP) is 0.415. The summed E-state index contributed by atoms with van der Waals surface area (Å²) in [6.45, 7) is -0.0236. The van der Waals surface area contributed by atoms with E-state index in [1.807, 2.05) is 0 Å². The van der Waals surface area contributed by atoms with E-state index in [2.05, 4.69) is 0 Å². The van der Waals surface area contributed by atoms with Crippen molar-refractivity contribution in [2.24, 2.45) is 0 Å². The zero-order chi connectivity index (χ0) is 14.0. The van der Waals surface area contributed by atoms with E-state index in [9.17, 15) is 19.1 Å². The fourth-order valence-corrected chi connectivity index (χ4v) is 2.23. The van der Waals surface area contributed by atoms with E-state index in [0.29, 0.717) is 0 Å². The molecule has 2 unspecified atom stereocenters. The Hall–Kier alpha value is -1.95. The van der Waals surface area contributed by atoms with Gasteiger partial charge in [-0.15, -0.1) is 0 Å². The molecule has 0 saturated carbocycles. The molecular weight excluding hydrogens is 253 g/mol. The number of hydrogen-bond acceptors (Lipinski definition) is 3. The molecule has 1 aromatic carbocycles. The third-order valence-corrected chi connectivity index (χ3v) is 3.18. The lowest BCUT2D eigenvalue weighted by Crippen LogP contribution is -2.41. The molecule has 0 radical (unpaired) electrons. The van der Waals surface area contributed by atoms with Gasteiger partial charge in [0.25, 0.3) is 0 Å². The quantitative estimate of drug-likeness (QED) is 0.831. The predicted molar refractivity (Wildman–Crippen MR) is 63.9 cm³/mol. The summed E-state index contributed by atoms with van der Waals surface area (Å²) in [5.74, 6) is -2.14. The summed E-state index contributed by atoms with van der Waals surface area (Å²) in [6.07, 6.45) is -1.03. The van der Waals surface area contributed by atoms with Crippen molar-refractivity contribution in [3.63, 3.8) is 0 Å². The van der Waals surface area contributed by atoms with Crippen molar-refractivity contribution in [2.45, 2.75) is 25.0 Å². The molecule has 0 aromatic heterocycles. The van der Waals surface area contributed by atoms with E-state index in [4.69, 9.17) is 5.11 Å². The van der Waals surface area contributed by atoms with Crippen molar-refractivity contribution in [1.82, 2.24) is 4.90 Å². The molecule has 1 fully saturated rings. The average molecular weight is 267 g/mol.